The van der Waals surface area contributed by atoms with Crippen LogP contribution in [0.1, 0.15) is 47.5 Å². The molecule has 0 bridgehead atoms. The van der Waals surface area contributed by atoms with Gasteiger partial charge in [0.15, 0.2) is 5.96 Å². The highest BCUT2D eigenvalue weighted by Crippen LogP contribution is 2.13. The fraction of sp³-hybridized carbons (Fsp3) is 0.944. The van der Waals surface area contributed by atoms with E-state index in [1.165, 1.54) is 6.42 Å². The molecule has 1 N–H and O–H groups in total. The van der Waals surface area contributed by atoms with Crippen LogP contribution in [-0.2, 0) is 4.74 Å². The third-order valence-electron chi connectivity index (χ3n) is 4.42. The van der Waals surface area contributed by atoms with Crippen LogP contribution in [0.3, 0.4) is 0 Å². The largest absolute Gasteiger partial charge is 0.381 e. The summed E-state index contributed by atoms with van der Waals surface area (Å²) < 4.78 is 5.47. The van der Waals surface area contributed by atoms with Crippen LogP contribution in [-0.4, -0.2) is 74.3 Å². The molecule has 0 spiro atoms. The van der Waals surface area contributed by atoms with E-state index in [1.807, 2.05) is 0 Å². The first kappa shape index (κ1) is 20.2. The zero-order valence-electron chi connectivity index (χ0n) is 16.1. The van der Waals surface area contributed by atoms with Crippen molar-refractivity contribution >= 4 is 5.96 Å². The highest BCUT2D eigenvalue weighted by atomic mass is 16.5. The molecule has 1 aliphatic heterocycles. The summed E-state index contributed by atoms with van der Waals surface area (Å²) in [4.78, 5) is 9.60. The maximum Gasteiger partial charge on any atom is 0.193 e. The van der Waals surface area contributed by atoms with Crippen LogP contribution in [0.5, 0.6) is 0 Å². The molecule has 1 aliphatic rings. The van der Waals surface area contributed by atoms with Crippen LogP contribution in [0.2, 0.25) is 0 Å². The molecular formula is C18H38N4O. The molecule has 1 saturated heterocycles. The summed E-state index contributed by atoms with van der Waals surface area (Å²) in [6, 6.07) is 1.19. The molecule has 0 amide bonds. The van der Waals surface area contributed by atoms with E-state index in [9.17, 15) is 0 Å². The topological polar surface area (TPSA) is 40.1 Å². The van der Waals surface area contributed by atoms with E-state index in [4.69, 9.17) is 9.73 Å². The van der Waals surface area contributed by atoms with E-state index < -0.39 is 0 Å². The van der Waals surface area contributed by atoms with Gasteiger partial charge in [0.1, 0.15) is 0 Å². The van der Waals surface area contributed by atoms with Crippen molar-refractivity contribution in [3.63, 3.8) is 0 Å². The minimum atomic E-state index is 0.595. The highest BCUT2D eigenvalue weighted by Gasteiger charge is 2.19. The van der Waals surface area contributed by atoms with Crippen molar-refractivity contribution in [1.82, 2.24) is 15.1 Å². The molecule has 0 aromatic heterocycles. The van der Waals surface area contributed by atoms with Crippen molar-refractivity contribution in [2.24, 2.45) is 10.9 Å². The van der Waals surface area contributed by atoms with Crippen LogP contribution in [0.25, 0.3) is 0 Å². The summed E-state index contributed by atoms with van der Waals surface area (Å²) in [5.41, 5.74) is 0. The molecule has 1 fully saturated rings. The van der Waals surface area contributed by atoms with Crippen molar-refractivity contribution < 1.29 is 4.74 Å². The number of guanidine groups is 1. The molecule has 0 aliphatic carbocycles. The Kier molecular flexibility index (Phi) is 9.56. The lowest BCUT2D eigenvalue weighted by Gasteiger charge is -2.30. The van der Waals surface area contributed by atoms with Crippen LogP contribution >= 0.6 is 0 Å². The Morgan fingerprint density at radius 3 is 2.48 bits per heavy atom. The lowest BCUT2D eigenvalue weighted by atomic mass is 10.1. The predicted molar refractivity (Wildman–Crippen MR) is 99.1 cm³/mol. The molecule has 1 atom stereocenters. The predicted octanol–water partition coefficient (Wildman–Crippen LogP) is 2.43. The number of hydrogen-bond donors (Lipinski definition) is 1. The van der Waals surface area contributed by atoms with Gasteiger partial charge in [-0.25, -0.2) is 0 Å². The van der Waals surface area contributed by atoms with Gasteiger partial charge in [0.25, 0.3) is 0 Å². The van der Waals surface area contributed by atoms with E-state index in [0.717, 1.165) is 51.8 Å². The Labute approximate surface area is 143 Å². The first-order chi connectivity index (χ1) is 11.0. The number of aliphatic imine (C=N–C) groups is 1. The fourth-order valence-corrected chi connectivity index (χ4v) is 3.22. The van der Waals surface area contributed by atoms with Crippen molar-refractivity contribution in [1.29, 1.82) is 0 Å². The number of rotatable bonds is 9. The standard InChI is InChI=1S/C18H38N4O/c1-7-19-18(21(6)13-17-9-12-23-14-17)20-10-8-11-22(15(2)3)16(4)5/h15-17H,7-14H2,1-6H3,(H,19,20). The van der Waals surface area contributed by atoms with E-state index in [1.54, 1.807) is 0 Å². The smallest absolute Gasteiger partial charge is 0.193 e. The molecule has 5 heteroatoms. The zero-order valence-corrected chi connectivity index (χ0v) is 16.1. The van der Waals surface area contributed by atoms with E-state index in [2.05, 4.69) is 56.8 Å². The molecule has 5 nitrogen and oxygen atoms in total. The van der Waals surface area contributed by atoms with Crippen molar-refractivity contribution in [3.8, 4) is 0 Å². The van der Waals surface area contributed by atoms with E-state index in [-0.39, 0.29) is 0 Å². The third kappa shape index (κ3) is 7.53. The van der Waals surface area contributed by atoms with E-state index in [0.29, 0.717) is 18.0 Å². The Morgan fingerprint density at radius 1 is 1.26 bits per heavy atom. The first-order valence-electron chi connectivity index (χ1n) is 9.28. The summed E-state index contributed by atoms with van der Waals surface area (Å²) in [5, 5.41) is 3.41. The summed E-state index contributed by atoms with van der Waals surface area (Å²) in [5.74, 6) is 1.67. The van der Waals surface area contributed by atoms with Crippen molar-refractivity contribution in [2.75, 3.05) is 46.4 Å². The zero-order chi connectivity index (χ0) is 17.2. The molecule has 136 valence electrons. The normalized spacial score (nSPS) is 19.2. The molecule has 23 heavy (non-hydrogen) atoms. The second-order valence-electron chi connectivity index (χ2n) is 7.12. The van der Waals surface area contributed by atoms with Gasteiger partial charge in [0, 0.05) is 57.8 Å². The fourth-order valence-electron chi connectivity index (χ4n) is 3.22. The molecule has 1 heterocycles. The van der Waals surface area contributed by atoms with Gasteiger partial charge in [-0.05, 0) is 47.5 Å². The minimum absolute atomic E-state index is 0.595. The molecule has 0 aromatic rings. The average Bonchev–Trinajstić information content (AvgIpc) is 2.97. The maximum absolute atomic E-state index is 5.47. The van der Waals surface area contributed by atoms with Gasteiger partial charge in [0.2, 0.25) is 0 Å². The second kappa shape index (κ2) is 10.9. The van der Waals surface area contributed by atoms with Gasteiger partial charge in [-0.15, -0.1) is 0 Å². The van der Waals surface area contributed by atoms with Gasteiger partial charge in [-0.3, -0.25) is 9.89 Å². The van der Waals surface area contributed by atoms with Crippen molar-refractivity contribution in [3.05, 3.63) is 0 Å². The lowest BCUT2D eigenvalue weighted by molar-refractivity contribution is 0.174. The molecule has 1 rings (SSSR count). The number of ether oxygens (including phenoxy) is 1. The van der Waals surface area contributed by atoms with Gasteiger partial charge in [0.05, 0.1) is 6.61 Å². The van der Waals surface area contributed by atoms with Crippen molar-refractivity contribution in [2.45, 2.75) is 59.5 Å². The Morgan fingerprint density at radius 2 is 1.96 bits per heavy atom. The van der Waals surface area contributed by atoms with Crippen LogP contribution < -0.4 is 5.32 Å². The number of hydrogen-bond acceptors (Lipinski definition) is 3. The Hall–Kier alpha value is -0.810. The molecule has 1 unspecified atom stereocenters. The summed E-state index contributed by atoms with van der Waals surface area (Å²) in [7, 11) is 2.13. The SMILES string of the molecule is CCNC(=NCCCN(C(C)C)C(C)C)N(C)CC1CCOC1. The van der Waals surface area contributed by atoms with E-state index >= 15 is 0 Å². The average molecular weight is 327 g/mol. The third-order valence-corrected chi connectivity index (χ3v) is 4.42. The molecule has 0 radical (unpaired) electrons. The maximum atomic E-state index is 5.47. The molecular weight excluding hydrogens is 288 g/mol. The second-order valence-corrected chi connectivity index (χ2v) is 7.12. The lowest BCUT2D eigenvalue weighted by Crippen LogP contribution is -2.42. The first-order valence-corrected chi connectivity index (χ1v) is 9.28. The van der Waals surface area contributed by atoms with Crippen LogP contribution in [0.15, 0.2) is 4.99 Å². The molecule has 0 aromatic carbocycles. The monoisotopic (exact) mass is 326 g/mol. The Balaban J connectivity index is 2.43. The number of nitrogens with zero attached hydrogens (tertiary/aromatic N) is 3. The van der Waals surface area contributed by atoms with Gasteiger partial charge < -0.3 is 15.0 Å². The quantitative estimate of drug-likeness (QED) is 0.401. The van der Waals surface area contributed by atoms with Gasteiger partial charge in [-0.1, -0.05) is 0 Å². The van der Waals surface area contributed by atoms with Gasteiger partial charge >= 0.3 is 0 Å². The summed E-state index contributed by atoms with van der Waals surface area (Å²) in [6.07, 6.45) is 2.27. The summed E-state index contributed by atoms with van der Waals surface area (Å²) >= 11 is 0. The minimum Gasteiger partial charge on any atom is -0.381 e. The van der Waals surface area contributed by atoms with Gasteiger partial charge in [-0.2, -0.15) is 0 Å². The summed E-state index contributed by atoms with van der Waals surface area (Å²) in [6.45, 7) is 16.9. The molecule has 0 saturated carbocycles. The highest BCUT2D eigenvalue weighted by molar-refractivity contribution is 5.79. The Bertz CT molecular complexity index is 330. The van der Waals surface area contributed by atoms with Crippen LogP contribution in [0, 0.1) is 5.92 Å². The number of nitrogens with one attached hydrogen (secondary N) is 1. The van der Waals surface area contributed by atoms with Crippen LogP contribution in [0.4, 0.5) is 0 Å².